The van der Waals surface area contributed by atoms with Gasteiger partial charge in [-0.05, 0) is 42.8 Å². The summed E-state index contributed by atoms with van der Waals surface area (Å²) in [5.74, 6) is -0.549. The lowest BCUT2D eigenvalue weighted by Gasteiger charge is -2.09. The molecule has 0 saturated carbocycles. The minimum atomic E-state index is -0.337. The van der Waals surface area contributed by atoms with Crippen molar-refractivity contribution in [3.63, 3.8) is 0 Å². The molecule has 0 saturated heterocycles. The predicted molar refractivity (Wildman–Crippen MR) is 100 cm³/mol. The van der Waals surface area contributed by atoms with Gasteiger partial charge in [0.25, 0.3) is 0 Å². The quantitative estimate of drug-likeness (QED) is 0.542. The van der Waals surface area contributed by atoms with Gasteiger partial charge in [-0.2, -0.15) is 0 Å². The SMILES string of the molecule is CCCCOC(=O)c1ccc(NCC(=O)Nc2ccccc2Cl)cc1. The molecule has 0 fully saturated rings. The largest absolute Gasteiger partial charge is 0.462 e. The summed E-state index contributed by atoms with van der Waals surface area (Å²) in [5.41, 5.74) is 1.79. The first-order chi connectivity index (χ1) is 12.1. The molecule has 0 aromatic heterocycles. The van der Waals surface area contributed by atoms with E-state index in [-0.39, 0.29) is 18.4 Å². The summed E-state index contributed by atoms with van der Waals surface area (Å²) < 4.78 is 5.15. The van der Waals surface area contributed by atoms with Crippen molar-refractivity contribution in [3.8, 4) is 0 Å². The third-order valence-electron chi connectivity index (χ3n) is 3.45. The summed E-state index contributed by atoms with van der Waals surface area (Å²) in [6.07, 6.45) is 1.83. The Morgan fingerprint density at radius 2 is 1.80 bits per heavy atom. The zero-order valence-electron chi connectivity index (χ0n) is 14.0. The molecule has 5 nitrogen and oxygen atoms in total. The van der Waals surface area contributed by atoms with Crippen LogP contribution < -0.4 is 10.6 Å². The highest BCUT2D eigenvalue weighted by molar-refractivity contribution is 6.33. The molecule has 132 valence electrons. The molecule has 0 spiro atoms. The van der Waals surface area contributed by atoms with Gasteiger partial charge in [-0.15, -0.1) is 0 Å². The zero-order valence-corrected chi connectivity index (χ0v) is 14.8. The van der Waals surface area contributed by atoms with Crippen molar-refractivity contribution < 1.29 is 14.3 Å². The van der Waals surface area contributed by atoms with Crippen LogP contribution in [0.4, 0.5) is 11.4 Å². The van der Waals surface area contributed by atoms with E-state index < -0.39 is 0 Å². The summed E-state index contributed by atoms with van der Waals surface area (Å²) in [5, 5.41) is 6.21. The second-order valence-corrected chi connectivity index (χ2v) is 5.86. The van der Waals surface area contributed by atoms with Gasteiger partial charge in [0.2, 0.25) is 5.91 Å². The lowest BCUT2D eigenvalue weighted by Crippen LogP contribution is -2.21. The molecule has 0 bridgehead atoms. The molecule has 2 aromatic rings. The summed E-state index contributed by atoms with van der Waals surface area (Å²) in [4.78, 5) is 23.8. The number of rotatable bonds is 8. The number of unbranched alkanes of at least 4 members (excludes halogenated alkanes) is 1. The summed E-state index contributed by atoms with van der Waals surface area (Å²) in [7, 11) is 0. The van der Waals surface area contributed by atoms with E-state index in [9.17, 15) is 9.59 Å². The van der Waals surface area contributed by atoms with Crippen LogP contribution in [0.3, 0.4) is 0 Å². The Balaban J connectivity index is 1.82. The maximum Gasteiger partial charge on any atom is 0.338 e. The van der Waals surface area contributed by atoms with Crippen LogP contribution in [0.2, 0.25) is 5.02 Å². The Hall–Kier alpha value is -2.53. The van der Waals surface area contributed by atoms with E-state index in [0.29, 0.717) is 22.9 Å². The van der Waals surface area contributed by atoms with Gasteiger partial charge in [-0.1, -0.05) is 37.1 Å². The molecule has 6 heteroatoms. The maximum absolute atomic E-state index is 12.0. The average molecular weight is 361 g/mol. The number of ether oxygens (including phenoxy) is 1. The maximum atomic E-state index is 12.0. The van der Waals surface area contributed by atoms with E-state index in [1.165, 1.54) is 0 Å². The first kappa shape index (κ1) is 18.8. The smallest absolute Gasteiger partial charge is 0.338 e. The molecule has 0 aliphatic heterocycles. The minimum absolute atomic E-state index is 0.0888. The van der Waals surface area contributed by atoms with Crippen molar-refractivity contribution in [2.75, 3.05) is 23.8 Å². The fourth-order valence-corrected chi connectivity index (χ4v) is 2.24. The van der Waals surface area contributed by atoms with Crippen molar-refractivity contribution in [2.24, 2.45) is 0 Å². The number of benzene rings is 2. The van der Waals surface area contributed by atoms with E-state index >= 15 is 0 Å². The summed E-state index contributed by atoms with van der Waals surface area (Å²) >= 11 is 6.00. The highest BCUT2D eigenvalue weighted by Gasteiger charge is 2.08. The number of carbonyl (C=O) groups excluding carboxylic acids is 2. The molecular formula is C19H21ClN2O3. The molecule has 2 aromatic carbocycles. The molecule has 0 aliphatic carbocycles. The van der Waals surface area contributed by atoms with E-state index in [1.54, 1.807) is 48.5 Å². The second kappa shape index (κ2) is 9.69. The Labute approximate surface area is 152 Å². The van der Waals surface area contributed by atoms with Gasteiger partial charge in [0.15, 0.2) is 0 Å². The number of nitrogens with one attached hydrogen (secondary N) is 2. The molecule has 1 amide bonds. The molecule has 0 aliphatic rings. The number of esters is 1. The normalized spacial score (nSPS) is 10.2. The lowest BCUT2D eigenvalue weighted by atomic mass is 10.2. The highest BCUT2D eigenvalue weighted by atomic mass is 35.5. The van der Waals surface area contributed by atoms with Crippen LogP contribution in [0.15, 0.2) is 48.5 Å². The van der Waals surface area contributed by atoms with Crippen LogP contribution in [-0.4, -0.2) is 25.0 Å². The number of amides is 1. The highest BCUT2D eigenvalue weighted by Crippen LogP contribution is 2.20. The zero-order chi connectivity index (χ0) is 18.1. The number of carbonyl (C=O) groups is 2. The van der Waals surface area contributed by atoms with Crippen molar-refractivity contribution >= 4 is 34.9 Å². The van der Waals surface area contributed by atoms with Crippen LogP contribution in [0.1, 0.15) is 30.1 Å². The van der Waals surface area contributed by atoms with Gasteiger partial charge >= 0.3 is 5.97 Å². The first-order valence-corrected chi connectivity index (χ1v) is 8.53. The van der Waals surface area contributed by atoms with Crippen LogP contribution in [-0.2, 0) is 9.53 Å². The lowest BCUT2D eigenvalue weighted by molar-refractivity contribution is -0.114. The fourth-order valence-electron chi connectivity index (χ4n) is 2.06. The third kappa shape index (κ3) is 6.12. The number of hydrogen-bond acceptors (Lipinski definition) is 4. The topological polar surface area (TPSA) is 67.4 Å². The van der Waals surface area contributed by atoms with Gasteiger partial charge in [0.05, 0.1) is 29.4 Å². The van der Waals surface area contributed by atoms with Crippen molar-refractivity contribution in [3.05, 3.63) is 59.1 Å². The Kier molecular flexibility index (Phi) is 7.29. The van der Waals surface area contributed by atoms with E-state index in [4.69, 9.17) is 16.3 Å². The number of para-hydroxylation sites is 1. The van der Waals surface area contributed by atoms with Gasteiger partial charge in [-0.25, -0.2) is 4.79 Å². The van der Waals surface area contributed by atoms with Crippen LogP contribution in [0, 0.1) is 0 Å². The molecule has 0 radical (unpaired) electrons. The van der Waals surface area contributed by atoms with Crippen LogP contribution >= 0.6 is 11.6 Å². The van der Waals surface area contributed by atoms with Crippen molar-refractivity contribution in [1.82, 2.24) is 0 Å². The van der Waals surface area contributed by atoms with Crippen LogP contribution in [0.5, 0.6) is 0 Å². The number of hydrogen-bond donors (Lipinski definition) is 2. The van der Waals surface area contributed by atoms with E-state index in [2.05, 4.69) is 10.6 Å². The average Bonchev–Trinajstić information content (AvgIpc) is 2.62. The van der Waals surface area contributed by atoms with Gasteiger partial charge in [-0.3, -0.25) is 4.79 Å². The van der Waals surface area contributed by atoms with E-state index in [0.717, 1.165) is 18.5 Å². The van der Waals surface area contributed by atoms with Gasteiger partial charge in [0, 0.05) is 5.69 Å². The van der Waals surface area contributed by atoms with Gasteiger partial charge < -0.3 is 15.4 Å². The van der Waals surface area contributed by atoms with Gasteiger partial charge in [0.1, 0.15) is 0 Å². The first-order valence-electron chi connectivity index (χ1n) is 8.15. The molecule has 2 N–H and O–H groups in total. The monoisotopic (exact) mass is 360 g/mol. The molecular weight excluding hydrogens is 340 g/mol. The number of anilines is 2. The molecule has 2 rings (SSSR count). The summed E-state index contributed by atoms with van der Waals surface area (Å²) in [6, 6.07) is 13.9. The second-order valence-electron chi connectivity index (χ2n) is 5.45. The molecule has 0 heterocycles. The fraction of sp³-hybridized carbons (Fsp3) is 0.263. The number of halogens is 1. The Morgan fingerprint density at radius 3 is 2.48 bits per heavy atom. The van der Waals surface area contributed by atoms with Crippen molar-refractivity contribution in [1.29, 1.82) is 0 Å². The van der Waals surface area contributed by atoms with Crippen molar-refractivity contribution in [2.45, 2.75) is 19.8 Å². The predicted octanol–water partition coefficient (Wildman–Crippen LogP) is 4.35. The minimum Gasteiger partial charge on any atom is -0.462 e. The third-order valence-corrected chi connectivity index (χ3v) is 3.78. The Morgan fingerprint density at radius 1 is 1.08 bits per heavy atom. The molecule has 0 atom stereocenters. The van der Waals surface area contributed by atoms with Crippen LogP contribution in [0.25, 0.3) is 0 Å². The Bertz CT molecular complexity index is 717. The summed E-state index contributed by atoms with van der Waals surface area (Å²) in [6.45, 7) is 2.55. The van der Waals surface area contributed by atoms with E-state index in [1.807, 2.05) is 6.92 Å². The molecule has 25 heavy (non-hydrogen) atoms. The standard InChI is InChI=1S/C19H21ClN2O3/c1-2-3-12-25-19(24)14-8-10-15(11-9-14)21-13-18(23)22-17-7-5-4-6-16(17)20/h4-11,21H,2-3,12-13H2,1H3,(H,22,23). The molecule has 0 unspecified atom stereocenters.